The summed E-state index contributed by atoms with van der Waals surface area (Å²) in [6, 6.07) is 10.4. The van der Waals surface area contributed by atoms with Crippen molar-refractivity contribution in [2.24, 2.45) is 0 Å². The summed E-state index contributed by atoms with van der Waals surface area (Å²) in [6.45, 7) is 3.42. The fraction of sp³-hybridized carbons (Fsp3) is 0.500. The van der Waals surface area contributed by atoms with E-state index < -0.39 is 0 Å². The molecule has 27 heavy (non-hydrogen) atoms. The first-order valence-electron chi connectivity index (χ1n) is 9.41. The molecule has 0 spiro atoms. The Kier molecular flexibility index (Phi) is 5.21. The molecule has 3 heterocycles. The minimum atomic E-state index is -0.299. The summed E-state index contributed by atoms with van der Waals surface area (Å²) >= 11 is 5.98. The molecule has 7 heteroatoms. The molecule has 1 N–H and O–H groups in total. The van der Waals surface area contributed by atoms with Gasteiger partial charge in [-0.2, -0.15) is 0 Å². The van der Waals surface area contributed by atoms with Crippen LogP contribution >= 0.6 is 11.6 Å². The zero-order valence-electron chi connectivity index (χ0n) is 15.8. The van der Waals surface area contributed by atoms with Crippen LogP contribution in [-0.4, -0.2) is 72.4 Å². The number of aliphatic hydroxyl groups excluding tert-OH is 1. The molecular formula is C20H26ClN5O. The number of hydrogen-bond donors (Lipinski definition) is 1. The van der Waals surface area contributed by atoms with E-state index in [0.717, 1.165) is 42.7 Å². The third-order valence-electron chi connectivity index (χ3n) is 5.45. The Morgan fingerprint density at radius 2 is 1.81 bits per heavy atom. The Bertz CT molecular complexity index is 778. The van der Waals surface area contributed by atoms with Crippen LogP contribution in [0.2, 0.25) is 5.02 Å². The molecule has 6 nitrogen and oxygen atoms in total. The maximum absolute atomic E-state index is 10.1. The number of likely N-dealkylation sites (N-methyl/N-ethyl adjacent to an activating group) is 1. The summed E-state index contributed by atoms with van der Waals surface area (Å²) in [6.07, 6.45) is 2.11. The predicted octanol–water partition coefficient (Wildman–Crippen LogP) is 2.24. The summed E-state index contributed by atoms with van der Waals surface area (Å²) in [4.78, 5) is 15.6. The van der Waals surface area contributed by atoms with Crippen molar-refractivity contribution in [3.05, 3.63) is 47.2 Å². The van der Waals surface area contributed by atoms with Crippen LogP contribution < -0.4 is 9.80 Å². The normalized spacial score (nSPS) is 23.1. The highest BCUT2D eigenvalue weighted by Gasteiger charge is 2.34. The Hall–Kier alpha value is -1.89. The summed E-state index contributed by atoms with van der Waals surface area (Å²) in [7, 11) is 4.12. The maximum atomic E-state index is 10.1. The maximum Gasteiger partial charge on any atom is 0.134 e. The second-order valence-corrected chi connectivity index (χ2v) is 8.28. The molecule has 2 aromatic rings. The van der Waals surface area contributed by atoms with Gasteiger partial charge in [-0.25, -0.2) is 9.97 Å². The molecule has 0 unspecified atom stereocenters. The van der Waals surface area contributed by atoms with Gasteiger partial charge in [-0.05, 0) is 38.2 Å². The van der Waals surface area contributed by atoms with Gasteiger partial charge in [0.25, 0.3) is 0 Å². The number of benzene rings is 1. The van der Waals surface area contributed by atoms with E-state index in [2.05, 4.69) is 57.0 Å². The van der Waals surface area contributed by atoms with Gasteiger partial charge in [-0.1, -0.05) is 23.7 Å². The second-order valence-electron chi connectivity index (χ2n) is 7.85. The molecule has 0 amide bonds. The SMILES string of the molecule is CN(C)C[C@H]1C[C@@H](O)CN1c1cc(N2CC(c3ccc(Cl)cc3)C2)ncn1. The van der Waals surface area contributed by atoms with Crippen molar-refractivity contribution < 1.29 is 5.11 Å². The van der Waals surface area contributed by atoms with Gasteiger partial charge in [0.1, 0.15) is 18.0 Å². The lowest BCUT2D eigenvalue weighted by atomic mass is 9.91. The molecule has 1 aromatic carbocycles. The molecule has 0 saturated carbocycles. The van der Waals surface area contributed by atoms with Crippen molar-refractivity contribution in [3.63, 3.8) is 0 Å². The molecule has 0 bridgehead atoms. The fourth-order valence-electron chi connectivity index (χ4n) is 4.05. The van der Waals surface area contributed by atoms with Crippen LogP contribution in [0.3, 0.4) is 0 Å². The van der Waals surface area contributed by atoms with Crippen molar-refractivity contribution in [1.82, 2.24) is 14.9 Å². The van der Waals surface area contributed by atoms with E-state index in [1.54, 1.807) is 6.33 Å². The van der Waals surface area contributed by atoms with E-state index in [9.17, 15) is 5.11 Å². The molecule has 2 aliphatic heterocycles. The lowest BCUT2D eigenvalue weighted by Crippen LogP contribution is -2.45. The van der Waals surface area contributed by atoms with E-state index in [0.29, 0.717) is 12.5 Å². The standard InChI is InChI=1S/C20H26ClN5O/c1-24(2)11-17-7-18(27)12-26(17)20-8-19(22-13-23-20)25-9-15(10-25)14-3-5-16(21)6-4-14/h3-6,8,13,15,17-18,27H,7,9-12H2,1-2H3/t17-,18-/m1/s1. The number of rotatable bonds is 5. The average molecular weight is 388 g/mol. The van der Waals surface area contributed by atoms with Crippen molar-refractivity contribution in [1.29, 1.82) is 0 Å². The van der Waals surface area contributed by atoms with Crippen LogP contribution in [0.15, 0.2) is 36.7 Å². The van der Waals surface area contributed by atoms with Gasteiger partial charge in [-0.15, -0.1) is 0 Å². The van der Waals surface area contributed by atoms with Gasteiger partial charge in [-0.3, -0.25) is 0 Å². The molecule has 4 rings (SSSR count). The third kappa shape index (κ3) is 4.03. The number of hydrogen-bond acceptors (Lipinski definition) is 6. The zero-order valence-corrected chi connectivity index (χ0v) is 16.5. The number of β-amino-alcohol motifs (C(OH)–C–C–N with tert-alkyl or cyclic N) is 1. The van der Waals surface area contributed by atoms with E-state index in [4.69, 9.17) is 11.6 Å². The Labute approximate surface area is 165 Å². The molecule has 1 aromatic heterocycles. The lowest BCUT2D eigenvalue weighted by Gasteiger charge is -2.40. The molecule has 2 saturated heterocycles. The number of halogens is 1. The van der Waals surface area contributed by atoms with Crippen LogP contribution in [-0.2, 0) is 0 Å². The minimum absolute atomic E-state index is 0.274. The Morgan fingerprint density at radius 1 is 1.11 bits per heavy atom. The molecule has 2 fully saturated rings. The van der Waals surface area contributed by atoms with Crippen LogP contribution in [0.5, 0.6) is 0 Å². The van der Waals surface area contributed by atoms with Crippen molar-refractivity contribution in [2.45, 2.75) is 24.5 Å². The molecule has 0 aliphatic carbocycles. The zero-order chi connectivity index (χ0) is 19.0. The largest absolute Gasteiger partial charge is 0.391 e. The van der Waals surface area contributed by atoms with Gasteiger partial charge >= 0.3 is 0 Å². The van der Waals surface area contributed by atoms with Gasteiger partial charge in [0.15, 0.2) is 0 Å². The summed E-state index contributed by atoms with van der Waals surface area (Å²) in [5.74, 6) is 2.37. The van der Waals surface area contributed by atoms with Crippen molar-refractivity contribution in [3.8, 4) is 0 Å². The van der Waals surface area contributed by atoms with E-state index in [1.165, 1.54) is 5.56 Å². The first-order chi connectivity index (χ1) is 13.0. The highest BCUT2D eigenvalue weighted by Crippen LogP contribution is 2.33. The summed E-state index contributed by atoms with van der Waals surface area (Å²) in [5.41, 5.74) is 1.32. The number of nitrogens with zero attached hydrogens (tertiary/aromatic N) is 5. The number of aromatic nitrogens is 2. The smallest absolute Gasteiger partial charge is 0.134 e. The van der Waals surface area contributed by atoms with Crippen molar-refractivity contribution >= 4 is 23.2 Å². The first kappa shape index (κ1) is 18.5. The molecular weight excluding hydrogens is 362 g/mol. The topological polar surface area (TPSA) is 55.7 Å². The van der Waals surface area contributed by atoms with Gasteiger partial charge in [0, 0.05) is 49.2 Å². The van der Waals surface area contributed by atoms with Crippen LogP contribution in [0.25, 0.3) is 0 Å². The Morgan fingerprint density at radius 3 is 2.52 bits per heavy atom. The summed E-state index contributed by atoms with van der Waals surface area (Å²) < 4.78 is 0. The predicted molar refractivity (Wildman–Crippen MR) is 109 cm³/mol. The fourth-order valence-corrected chi connectivity index (χ4v) is 4.17. The van der Waals surface area contributed by atoms with Crippen LogP contribution in [0.1, 0.15) is 17.9 Å². The van der Waals surface area contributed by atoms with Gasteiger partial charge in [0.2, 0.25) is 0 Å². The average Bonchev–Trinajstić information content (AvgIpc) is 2.95. The molecule has 0 radical (unpaired) electrons. The van der Waals surface area contributed by atoms with E-state index >= 15 is 0 Å². The minimum Gasteiger partial charge on any atom is -0.391 e. The highest BCUT2D eigenvalue weighted by molar-refractivity contribution is 6.30. The highest BCUT2D eigenvalue weighted by atomic mass is 35.5. The lowest BCUT2D eigenvalue weighted by molar-refractivity contribution is 0.191. The summed E-state index contributed by atoms with van der Waals surface area (Å²) in [5, 5.41) is 10.9. The van der Waals surface area contributed by atoms with Gasteiger partial charge < -0.3 is 19.8 Å². The Balaban J connectivity index is 1.45. The van der Waals surface area contributed by atoms with Crippen LogP contribution in [0, 0.1) is 0 Å². The van der Waals surface area contributed by atoms with Gasteiger partial charge in [0.05, 0.1) is 6.10 Å². The second kappa shape index (κ2) is 7.62. The molecule has 2 aliphatic rings. The molecule has 2 atom stereocenters. The van der Waals surface area contributed by atoms with Crippen molar-refractivity contribution in [2.75, 3.05) is 50.1 Å². The number of aliphatic hydroxyl groups is 1. The molecule has 144 valence electrons. The number of anilines is 2. The van der Waals surface area contributed by atoms with E-state index in [-0.39, 0.29) is 12.1 Å². The monoisotopic (exact) mass is 387 g/mol. The third-order valence-corrected chi connectivity index (χ3v) is 5.70. The quantitative estimate of drug-likeness (QED) is 0.849. The first-order valence-corrected chi connectivity index (χ1v) is 9.79. The van der Waals surface area contributed by atoms with Crippen LogP contribution in [0.4, 0.5) is 11.6 Å². The van der Waals surface area contributed by atoms with E-state index in [1.807, 2.05) is 12.1 Å².